The zero-order valence-corrected chi connectivity index (χ0v) is 6.25. The van der Waals surface area contributed by atoms with E-state index < -0.39 is 0 Å². The van der Waals surface area contributed by atoms with Gasteiger partial charge in [-0.3, -0.25) is 0 Å². The van der Waals surface area contributed by atoms with Crippen molar-refractivity contribution in [3.63, 3.8) is 0 Å². The van der Waals surface area contributed by atoms with E-state index in [2.05, 4.69) is 15.9 Å². The van der Waals surface area contributed by atoms with Gasteiger partial charge in [0.1, 0.15) is 0 Å². The van der Waals surface area contributed by atoms with Crippen molar-refractivity contribution < 1.29 is 0 Å². The molecule has 0 aromatic heterocycles. The van der Waals surface area contributed by atoms with Crippen LogP contribution in [0, 0.1) is 0 Å². The van der Waals surface area contributed by atoms with Crippen LogP contribution in [-0.4, -0.2) is 6.54 Å². The van der Waals surface area contributed by atoms with E-state index in [1.165, 1.54) is 5.57 Å². The van der Waals surface area contributed by atoms with Gasteiger partial charge in [-0.05, 0) is 13.8 Å². The van der Waals surface area contributed by atoms with Gasteiger partial charge in [-0.1, -0.05) is 21.5 Å². The van der Waals surface area contributed by atoms with Crippen LogP contribution in [0.15, 0.2) is 10.1 Å². The first-order valence-electron chi connectivity index (χ1n) is 2.20. The number of rotatable bonds is 1. The highest BCUT2D eigenvalue weighted by atomic mass is 79.9. The predicted octanol–water partition coefficient (Wildman–Crippen LogP) is 1.63. The van der Waals surface area contributed by atoms with Crippen molar-refractivity contribution in [3.05, 3.63) is 10.1 Å². The molecule has 0 saturated heterocycles. The van der Waals surface area contributed by atoms with Gasteiger partial charge in [-0.15, -0.1) is 0 Å². The molecule has 0 aliphatic heterocycles. The van der Waals surface area contributed by atoms with Crippen LogP contribution in [0.4, 0.5) is 0 Å². The molecule has 0 aliphatic carbocycles. The van der Waals surface area contributed by atoms with Crippen molar-refractivity contribution in [2.45, 2.75) is 13.8 Å². The maximum Gasteiger partial charge on any atom is 0.0244 e. The van der Waals surface area contributed by atoms with Crippen LogP contribution in [0.25, 0.3) is 0 Å². The van der Waals surface area contributed by atoms with Crippen molar-refractivity contribution in [1.29, 1.82) is 0 Å². The van der Waals surface area contributed by atoms with Crippen molar-refractivity contribution in [3.8, 4) is 0 Å². The van der Waals surface area contributed by atoms with E-state index in [1.807, 2.05) is 13.8 Å². The lowest BCUT2D eigenvalue weighted by atomic mass is 10.3. The summed E-state index contributed by atoms with van der Waals surface area (Å²) in [6.45, 7) is 4.66. The van der Waals surface area contributed by atoms with Gasteiger partial charge in [-0.2, -0.15) is 0 Å². The third-order valence-electron chi connectivity index (χ3n) is 0.722. The highest BCUT2D eigenvalue weighted by Crippen LogP contribution is 2.07. The minimum absolute atomic E-state index is 0.613. The summed E-state index contributed by atoms with van der Waals surface area (Å²) < 4.78 is 1.10. The first kappa shape index (κ1) is 7.18. The molecule has 0 bridgehead atoms. The summed E-state index contributed by atoms with van der Waals surface area (Å²) in [6, 6.07) is 0. The van der Waals surface area contributed by atoms with Gasteiger partial charge in [0.05, 0.1) is 0 Å². The number of halogens is 1. The minimum Gasteiger partial charge on any atom is -0.326 e. The third kappa shape index (κ3) is 2.83. The Morgan fingerprint density at radius 2 is 2.00 bits per heavy atom. The van der Waals surface area contributed by atoms with E-state index in [-0.39, 0.29) is 0 Å². The summed E-state index contributed by atoms with van der Waals surface area (Å²) in [7, 11) is 0. The summed E-state index contributed by atoms with van der Waals surface area (Å²) in [5.41, 5.74) is 6.52. The smallest absolute Gasteiger partial charge is 0.0244 e. The lowest BCUT2D eigenvalue weighted by molar-refractivity contribution is 1.19. The van der Waals surface area contributed by atoms with E-state index in [0.717, 1.165) is 4.48 Å². The summed E-state index contributed by atoms with van der Waals surface area (Å²) >= 11 is 3.30. The van der Waals surface area contributed by atoms with Crippen LogP contribution in [-0.2, 0) is 0 Å². The second-order valence-electron chi connectivity index (χ2n) is 1.61. The highest BCUT2D eigenvalue weighted by molar-refractivity contribution is 9.11. The second-order valence-corrected chi connectivity index (χ2v) is 2.57. The zero-order valence-electron chi connectivity index (χ0n) is 4.66. The van der Waals surface area contributed by atoms with Crippen LogP contribution in [0.2, 0.25) is 0 Å². The molecular formula is C5H10BrN. The van der Waals surface area contributed by atoms with E-state index in [9.17, 15) is 0 Å². The molecule has 0 aromatic carbocycles. The third-order valence-corrected chi connectivity index (χ3v) is 1.84. The normalized spacial score (nSPS) is 8.57. The number of nitrogens with two attached hydrogens (primary N) is 1. The minimum atomic E-state index is 0.613. The van der Waals surface area contributed by atoms with Gasteiger partial charge in [0.15, 0.2) is 0 Å². The van der Waals surface area contributed by atoms with E-state index >= 15 is 0 Å². The fourth-order valence-electron chi connectivity index (χ4n) is 0.204. The number of hydrogen-bond acceptors (Lipinski definition) is 1. The van der Waals surface area contributed by atoms with E-state index in [4.69, 9.17) is 5.73 Å². The van der Waals surface area contributed by atoms with E-state index in [1.54, 1.807) is 0 Å². The first-order valence-corrected chi connectivity index (χ1v) is 2.99. The zero-order chi connectivity index (χ0) is 5.86. The Balaban J connectivity index is 3.72. The van der Waals surface area contributed by atoms with Crippen molar-refractivity contribution in [2.24, 2.45) is 5.73 Å². The fraction of sp³-hybridized carbons (Fsp3) is 0.600. The Kier molecular flexibility index (Phi) is 3.30. The fourth-order valence-corrected chi connectivity index (χ4v) is 0.204. The maximum atomic E-state index is 5.27. The maximum absolute atomic E-state index is 5.27. The molecule has 0 unspecified atom stereocenters. The molecular weight excluding hydrogens is 154 g/mol. The van der Waals surface area contributed by atoms with Crippen LogP contribution in [0.1, 0.15) is 13.8 Å². The van der Waals surface area contributed by atoms with Crippen molar-refractivity contribution >= 4 is 15.9 Å². The summed E-state index contributed by atoms with van der Waals surface area (Å²) in [4.78, 5) is 0. The van der Waals surface area contributed by atoms with Crippen LogP contribution >= 0.6 is 15.9 Å². The first-order chi connectivity index (χ1) is 3.18. The summed E-state index contributed by atoms with van der Waals surface area (Å²) in [5.74, 6) is 0. The van der Waals surface area contributed by atoms with Gasteiger partial charge < -0.3 is 5.73 Å². The van der Waals surface area contributed by atoms with Crippen molar-refractivity contribution in [1.82, 2.24) is 0 Å². The molecule has 2 heteroatoms. The van der Waals surface area contributed by atoms with Crippen LogP contribution in [0.3, 0.4) is 0 Å². The van der Waals surface area contributed by atoms with Gasteiger partial charge in [0, 0.05) is 11.0 Å². The van der Waals surface area contributed by atoms with Gasteiger partial charge in [-0.25, -0.2) is 0 Å². The van der Waals surface area contributed by atoms with Crippen molar-refractivity contribution in [2.75, 3.05) is 6.54 Å². The summed E-state index contributed by atoms with van der Waals surface area (Å²) in [5, 5.41) is 0. The number of allylic oxidation sites excluding steroid dienone is 1. The van der Waals surface area contributed by atoms with Crippen LogP contribution < -0.4 is 5.73 Å². The van der Waals surface area contributed by atoms with E-state index in [0.29, 0.717) is 6.54 Å². The molecule has 0 saturated carbocycles. The Morgan fingerprint density at radius 1 is 1.57 bits per heavy atom. The molecule has 0 spiro atoms. The SMILES string of the molecule is CC(C)=C(Br)CN. The van der Waals surface area contributed by atoms with Gasteiger partial charge in [0.25, 0.3) is 0 Å². The molecule has 0 atom stereocenters. The topological polar surface area (TPSA) is 26.0 Å². The molecule has 0 heterocycles. The Labute approximate surface area is 52.7 Å². The number of hydrogen-bond donors (Lipinski definition) is 1. The lowest BCUT2D eigenvalue weighted by Gasteiger charge is -1.92. The monoisotopic (exact) mass is 163 g/mol. The molecule has 2 N–H and O–H groups in total. The molecule has 0 aromatic rings. The molecule has 0 rings (SSSR count). The molecule has 0 fully saturated rings. The molecule has 0 amide bonds. The molecule has 1 nitrogen and oxygen atoms in total. The predicted molar refractivity (Wildman–Crippen MR) is 36.4 cm³/mol. The quantitative estimate of drug-likeness (QED) is 0.626. The lowest BCUT2D eigenvalue weighted by Crippen LogP contribution is -1.98. The average molecular weight is 164 g/mol. The second kappa shape index (κ2) is 3.22. The Bertz CT molecular complexity index is 82.1. The standard InChI is InChI=1S/C5H10BrN/c1-4(2)5(6)3-7/h3,7H2,1-2H3. The van der Waals surface area contributed by atoms with Gasteiger partial charge in [0.2, 0.25) is 0 Å². The molecule has 42 valence electrons. The summed E-state index contributed by atoms with van der Waals surface area (Å²) in [6.07, 6.45) is 0. The Morgan fingerprint density at radius 3 is 2.00 bits per heavy atom. The van der Waals surface area contributed by atoms with Crippen LogP contribution in [0.5, 0.6) is 0 Å². The molecule has 0 aliphatic rings. The Hall–Kier alpha value is 0.180. The molecule has 7 heavy (non-hydrogen) atoms. The molecule has 0 radical (unpaired) electrons. The van der Waals surface area contributed by atoms with Gasteiger partial charge >= 0.3 is 0 Å². The largest absolute Gasteiger partial charge is 0.326 e. The average Bonchev–Trinajstić information content (AvgIpc) is 1.65. The highest BCUT2D eigenvalue weighted by Gasteiger charge is 1.85.